The molecule has 20 heavy (non-hydrogen) atoms. The number of Topliss-reactive ketones (excluding diaryl/α,β-unsaturated/α-hetero) is 1. The summed E-state index contributed by atoms with van der Waals surface area (Å²) >= 11 is 5.88. The van der Waals surface area contributed by atoms with E-state index >= 15 is 0 Å². The molecule has 2 nitrogen and oxygen atoms in total. The van der Waals surface area contributed by atoms with E-state index in [-0.39, 0.29) is 22.9 Å². The van der Waals surface area contributed by atoms with Crippen LogP contribution in [0.15, 0.2) is 18.2 Å². The van der Waals surface area contributed by atoms with E-state index in [1.165, 1.54) is 18.2 Å². The lowest BCUT2D eigenvalue weighted by Gasteiger charge is -2.37. The SMILES string of the molecule is O=C(c1cc(Cl)ccc1F)C1CCOC2(CCCC2)C1. The van der Waals surface area contributed by atoms with Gasteiger partial charge in [-0.2, -0.15) is 0 Å². The second-order valence-electron chi connectivity index (χ2n) is 5.92. The Morgan fingerprint density at radius 2 is 2.10 bits per heavy atom. The van der Waals surface area contributed by atoms with E-state index < -0.39 is 5.82 Å². The van der Waals surface area contributed by atoms with Gasteiger partial charge in [-0.3, -0.25) is 4.79 Å². The summed E-state index contributed by atoms with van der Waals surface area (Å²) in [6.07, 6.45) is 5.76. The fraction of sp³-hybridized carbons (Fsp3) is 0.562. The second-order valence-corrected chi connectivity index (χ2v) is 6.35. The molecule has 4 heteroatoms. The van der Waals surface area contributed by atoms with Crippen LogP contribution in [0.5, 0.6) is 0 Å². The van der Waals surface area contributed by atoms with Gasteiger partial charge in [-0.15, -0.1) is 0 Å². The van der Waals surface area contributed by atoms with Gasteiger partial charge in [0.15, 0.2) is 5.78 Å². The third-order valence-corrected chi connectivity index (χ3v) is 4.81. The summed E-state index contributed by atoms with van der Waals surface area (Å²) in [4.78, 5) is 12.6. The molecule has 0 amide bonds. The summed E-state index contributed by atoms with van der Waals surface area (Å²) in [6.45, 7) is 0.596. The zero-order valence-corrected chi connectivity index (χ0v) is 12.1. The maximum Gasteiger partial charge on any atom is 0.169 e. The lowest BCUT2D eigenvalue weighted by Crippen LogP contribution is -2.40. The van der Waals surface area contributed by atoms with Crippen LogP contribution in [0.4, 0.5) is 4.39 Å². The van der Waals surface area contributed by atoms with Gasteiger partial charge >= 0.3 is 0 Å². The van der Waals surface area contributed by atoms with Gasteiger partial charge < -0.3 is 4.74 Å². The van der Waals surface area contributed by atoms with Crippen molar-refractivity contribution in [3.63, 3.8) is 0 Å². The highest BCUT2D eigenvalue weighted by molar-refractivity contribution is 6.31. The van der Waals surface area contributed by atoms with Gasteiger partial charge in [-0.05, 0) is 43.9 Å². The zero-order valence-electron chi connectivity index (χ0n) is 11.3. The van der Waals surface area contributed by atoms with Gasteiger partial charge in [0.25, 0.3) is 0 Å². The molecule has 2 fully saturated rings. The number of hydrogen-bond donors (Lipinski definition) is 0. The first-order valence-electron chi connectivity index (χ1n) is 7.23. The topological polar surface area (TPSA) is 26.3 Å². The van der Waals surface area contributed by atoms with Crippen LogP contribution in [-0.4, -0.2) is 18.0 Å². The van der Waals surface area contributed by atoms with E-state index in [2.05, 4.69) is 0 Å². The number of carbonyl (C=O) groups excluding carboxylic acids is 1. The summed E-state index contributed by atoms with van der Waals surface area (Å²) in [5, 5.41) is 0.400. The summed E-state index contributed by atoms with van der Waals surface area (Å²) in [5.74, 6) is -0.749. The van der Waals surface area contributed by atoms with Crippen LogP contribution >= 0.6 is 11.6 Å². The Kier molecular flexibility index (Phi) is 3.83. The zero-order chi connectivity index (χ0) is 14.2. The van der Waals surface area contributed by atoms with Crippen LogP contribution in [0.2, 0.25) is 5.02 Å². The number of rotatable bonds is 2. The van der Waals surface area contributed by atoms with Gasteiger partial charge in [0.1, 0.15) is 5.82 Å². The minimum absolute atomic E-state index is 0.123. The Balaban J connectivity index is 1.81. The summed E-state index contributed by atoms with van der Waals surface area (Å²) in [5.41, 5.74) is -0.00859. The lowest BCUT2D eigenvalue weighted by molar-refractivity contribution is -0.0866. The smallest absolute Gasteiger partial charge is 0.169 e. The molecule has 3 rings (SSSR count). The Bertz CT molecular complexity index is 523. The van der Waals surface area contributed by atoms with E-state index in [0.717, 1.165) is 32.1 Å². The third kappa shape index (κ3) is 2.61. The third-order valence-electron chi connectivity index (χ3n) is 4.57. The average Bonchev–Trinajstić information content (AvgIpc) is 2.88. The Morgan fingerprint density at radius 3 is 2.85 bits per heavy atom. The molecule has 1 aromatic rings. The Morgan fingerprint density at radius 1 is 1.35 bits per heavy atom. The number of carbonyl (C=O) groups is 1. The molecule has 1 unspecified atom stereocenters. The average molecular weight is 297 g/mol. The molecule has 1 saturated heterocycles. The van der Waals surface area contributed by atoms with Crippen molar-refractivity contribution in [1.29, 1.82) is 0 Å². The van der Waals surface area contributed by atoms with Crippen LogP contribution < -0.4 is 0 Å². The summed E-state index contributed by atoms with van der Waals surface area (Å²) < 4.78 is 19.8. The number of ketones is 1. The van der Waals surface area contributed by atoms with Crippen molar-refractivity contribution in [2.24, 2.45) is 5.92 Å². The highest BCUT2D eigenvalue weighted by Crippen LogP contribution is 2.42. The van der Waals surface area contributed by atoms with E-state index in [4.69, 9.17) is 16.3 Å². The van der Waals surface area contributed by atoms with Crippen LogP contribution in [-0.2, 0) is 4.74 Å². The fourth-order valence-electron chi connectivity index (χ4n) is 3.53. The van der Waals surface area contributed by atoms with Crippen LogP contribution in [0.3, 0.4) is 0 Å². The molecular weight excluding hydrogens is 279 g/mol. The van der Waals surface area contributed by atoms with E-state index in [9.17, 15) is 9.18 Å². The first-order valence-corrected chi connectivity index (χ1v) is 7.61. The van der Waals surface area contributed by atoms with Gasteiger partial charge in [0.05, 0.1) is 11.2 Å². The first kappa shape index (κ1) is 14.0. The molecule has 0 aromatic heterocycles. The summed E-state index contributed by atoms with van der Waals surface area (Å²) in [6, 6.07) is 4.17. The molecular formula is C16H18ClFO2. The molecule has 0 bridgehead atoms. The summed E-state index contributed by atoms with van der Waals surface area (Å²) in [7, 11) is 0. The van der Waals surface area contributed by atoms with Gasteiger partial charge in [-0.1, -0.05) is 24.4 Å². The van der Waals surface area contributed by atoms with Crippen LogP contribution in [0.1, 0.15) is 48.9 Å². The maximum absolute atomic E-state index is 13.8. The molecule has 2 aliphatic rings. The number of ether oxygens (including phenoxy) is 1. The van der Waals surface area contributed by atoms with E-state index in [0.29, 0.717) is 18.1 Å². The Labute approximate surface area is 123 Å². The molecule has 1 saturated carbocycles. The second kappa shape index (κ2) is 5.45. The standard InChI is InChI=1S/C16H18ClFO2/c17-12-3-4-14(18)13(9-12)15(19)11-5-8-20-16(10-11)6-1-2-7-16/h3-4,9,11H,1-2,5-8,10H2. The number of halogens is 2. The van der Waals surface area contributed by atoms with Crippen molar-refractivity contribution < 1.29 is 13.9 Å². The number of hydrogen-bond acceptors (Lipinski definition) is 2. The lowest BCUT2D eigenvalue weighted by atomic mass is 9.80. The quantitative estimate of drug-likeness (QED) is 0.756. The predicted molar refractivity (Wildman–Crippen MR) is 75.6 cm³/mol. The van der Waals surface area contributed by atoms with Crippen LogP contribution in [0, 0.1) is 11.7 Å². The van der Waals surface area contributed by atoms with Gasteiger partial charge in [-0.25, -0.2) is 4.39 Å². The highest BCUT2D eigenvalue weighted by Gasteiger charge is 2.42. The van der Waals surface area contributed by atoms with Crippen molar-refractivity contribution in [3.05, 3.63) is 34.6 Å². The first-order chi connectivity index (χ1) is 9.60. The van der Waals surface area contributed by atoms with E-state index in [1.807, 2.05) is 0 Å². The minimum atomic E-state index is -0.480. The highest BCUT2D eigenvalue weighted by atomic mass is 35.5. The molecule has 1 aliphatic heterocycles. The Hall–Kier alpha value is -0.930. The molecule has 1 atom stereocenters. The predicted octanol–water partition coefficient (Wildman–Crippen LogP) is 4.40. The molecule has 1 aromatic carbocycles. The molecule has 1 aliphatic carbocycles. The van der Waals surface area contributed by atoms with Gasteiger partial charge in [0, 0.05) is 17.5 Å². The van der Waals surface area contributed by atoms with Crippen molar-refractivity contribution in [3.8, 4) is 0 Å². The fourth-order valence-corrected chi connectivity index (χ4v) is 3.70. The van der Waals surface area contributed by atoms with E-state index in [1.54, 1.807) is 0 Å². The van der Waals surface area contributed by atoms with Crippen molar-refractivity contribution >= 4 is 17.4 Å². The van der Waals surface area contributed by atoms with Crippen molar-refractivity contribution in [2.45, 2.75) is 44.1 Å². The normalized spacial score (nSPS) is 25.0. The minimum Gasteiger partial charge on any atom is -0.375 e. The van der Waals surface area contributed by atoms with Crippen molar-refractivity contribution in [1.82, 2.24) is 0 Å². The molecule has 1 heterocycles. The monoisotopic (exact) mass is 296 g/mol. The van der Waals surface area contributed by atoms with Gasteiger partial charge in [0.2, 0.25) is 0 Å². The molecule has 0 radical (unpaired) electrons. The number of benzene rings is 1. The maximum atomic E-state index is 13.8. The molecule has 108 valence electrons. The van der Waals surface area contributed by atoms with Crippen molar-refractivity contribution in [2.75, 3.05) is 6.61 Å². The molecule has 1 spiro atoms. The van der Waals surface area contributed by atoms with Crippen LogP contribution in [0.25, 0.3) is 0 Å². The molecule has 0 N–H and O–H groups in total. The largest absolute Gasteiger partial charge is 0.375 e.